The summed E-state index contributed by atoms with van der Waals surface area (Å²) in [4.78, 5) is 117. The summed E-state index contributed by atoms with van der Waals surface area (Å²) in [6.45, 7) is 11.6. The predicted octanol–water partition coefficient (Wildman–Crippen LogP) is -3.21. The SMILES string of the molecule is CCCC[C@H](NC(=O)[C@@H](NC(=O)[C@@H](C)CC(C)C)[C@@H](C)O)C(=O)N[C@@H](CC(C)C)C(=O)NCC(=O)N[C@@H](CO)C(=O)N[C@H](C(=O)NCC(=O)N1CCC[C@H]1C(N)=O)[C@@H](C)O. The van der Waals surface area contributed by atoms with Crippen LogP contribution in [0, 0.1) is 17.8 Å². The molecule has 1 fully saturated rings. The van der Waals surface area contributed by atoms with Crippen molar-refractivity contribution in [2.24, 2.45) is 23.5 Å². The number of carbonyl (C=O) groups is 9. The van der Waals surface area contributed by atoms with Gasteiger partial charge >= 0.3 is 0 Å². The highest BCUT2D eigenvalue weighted by atomic mass is 16.3. The second-order valence-electron chi connectivity index (χ2n) is 16.3. The predicted molar refractivity (Wildman–Crippen MR) is 218 cm³/mol. The lowest BCUT2D eigenvalue weighted by Crippen LogP contribution is -2.60. The zero-order valence-electron chi connectivity index (χ0n) is 36.2. The van der Waals surface area contributed by atoms with Crippen molar-refractivity contribution in [1.82, 2.24) is 42.1 Å². The molecule has 0 aliphatic carbocycles. The van der Waals surface area contributed by atoms with Crippen molar-refractivity contribution in [3.8, 4) is 0 Å². The monoisotopic (exact) mass is 856 g/mol. The van der Waals surface area contributed by atoms with Crippen LogP contribution >= 0.6 is 0 Å². The summed E-state index contributed by atoms with van der Waals surface area (Å²) in [6.07, 6.45) is 0.155. The molecule has 0 spiro atoms. The number of nitrogens with zero attached hydrogens (tertiary/aromatic N) is 1. The normalized spacial score (nSPS) is 17.8. The van der Waals surface area contributed by atoms with Crippen LogP contribution in [0.25, 0.3) is 0 Å². The number of aliphatic hydroxyl groups is 3. The molecule has 1 rings (SSSR count). The van der Waals surface area contributed by atoms with E-state index in [-0.39, 0.29) is 31.2 Å². The standard InChI is InChI=1S/C39H69N9O12/c1-9-10-12-25(44-39(60)32(24(8)51)46-34(55)22(6)15-20(2)3)36(57)45-26(16-21(4)5)35(56)41-17-29(52)43-27(19-49)37(58)47-31(23(7)50)38(59)42-18-30(53)48-14-11-13-28(48)33(40)54/h20-28,31-32,49-51H,9-19H2,1-8H3,(H2,40,54)(H,41,56)(H,42,59)(H,43,52)(H,44,60)(H,45,57)(H,46,55)(H,47,58)/t22-,23+,24+,25-,26-,27-,28-,31-,32-/m0/s1. The van der Waals surface area contributed by atoms with E-state index in [9.17, 15) is 58.5 Å². The molecule has 0 saturated carbocycles. The van der Waals surface area contributed by atoms with Crippen LogP contribution < -0.4 is 43.0 Å². The van der Waals surface area contributed by atoms with E-state index < -0.39 is 127 Å². The van der Waals surface area contributed by atoms with Crippen molar-refractivity contribution in [3.63, 3.8) is 0 Å². The number of likely N-dealkylation sites (tertiary alicyclic amines) is 1. The molecule has 12 N–H and O–H groups in total. The highest BCUT2D eigenvalue weighted by Gasteiger charge is 2.35. The van der Waals surface area contributed by atoms with Gasteiger partial charge in [-0.1, -0.05) is 54.4 Å². The van der Waals surface area contributed by atoms with Crippen molar-refractivity contribution in [1.29, 1.82) is 0 Å². The highest BCUT2D eigenvalue weighted by Crippen LogP contribution is 2.17. The lowest BCUT2D eigenvalue weighted by atomic mass is 9.97. The minimum absolute atomic E-state index is 0.119. The number of carbonyl (C=O) groups excluding carboxylic acids is 9. The zero-order chi connectivity index (χ0) is 45.9. The molecule has 0 aromatic heterocycles. The molecule has 1 heterocycles. The molecule has 1 saturated heterocycles. The first kappa shape index (κ1) is 53.1. The lowest BCUT2D eigenvalue weighted by molar-refractivity contribution is -0.139. The number of aliphatic hydroxyl groups excluding tert-OH is 3. The Morgan fingerprint density at radius 2 is 1.18 bits per heavy atom. The summed E-state index contributed by atoms with van der Waals surface area (Å²) in [6, 6.07) is -7.77. The quantitative estimate of drug-likeness (QED) is 0.0410. The number of rotatable bonds is 26. The Bertz CT molecular complexity index is 1490. The second-order valence-corrected chi connectivity index (χ2v) is 16.3. The molecule has 9 atom stereocenters. The Morgan fingerprint density at radius 1 is 0.650 bits per heavy atom. The number of nitrogens with one attached hydrogen (secondary N) is 7. The van der Waals surface area contributed by atoms with Gasteiger partial charge in [0, 0.05) is 12.5 Å². The van der Waals surface area contributed by atoms with Crippen LogP contribution in [0.2, 0.25) is 0 Å². The van der Waals surface area contributed by atoms with Gasteiger partial charge in [0.1, 0.15) is 36.3 Å². The number of nitrogens with two attached hydrogens (primary N) is 1. The second kappa shape index (κ2) is 26.3. The minimum atomic E-state index is -1.64. The maximum atomic E-state index is 13.6. The Balaban J connectivity index is 2.94. The number of primary amides is 1. The summed E-state index contributed by atoms with van der Waals surface area (Å²) < 4.78 is 0. The fourth-order valence-electron chi connectivity index (χ4n) is 6.55. The molecular formula is C39H69N9O12. The molecule has 342 valence electrons. The summed E-state index contributed by atoms with van der Waals surface area (Å²) in [5.41, 5.74) is 5.34. The molecule has 21 heteroatoms. The molecule has 9 amide bonds. The first-order valence-electron chi connectivity index (χ1n) is 20.7. The average Bonchev–Trinajstić information content (AvgIpc) is 3.67. The fraction of sp³-hybridized carbons (Fsp3) is 0.769. The third-order valence-electron chi connectivity index (χ3n) is 9.79. The van der Waals surface area contributed by atoms with Crippen molar-refractivity contribution in [2.45, 2.75) is 149 Å². The fourth-order valence-corrected chi connectivity index (χ4v) is 6.55. The van der Waals surface area contributed by atoms with Crippen LogP contribution in [0.4, 0.5) is 0 Å². The summed E-state index contributed by atoms with van der Waals surface area (Å²) >= 11 is 0. The molecule has 0 aromatic rings. The van der Waals surface area contributed by atoms with Gasteiger partial charge in [0.05, 0.1) is 31.9 Å². The van der Waals surface area contributed by atoms with E-state index in [4.69, 9.17) is 5.73 Å². The molecule has 0 aromatic carbocycles. The van der Waals surface area contributed by atoms with E-state index >= 15 is 0 Å². The third kappa shape index (κ3) is 18.2. The highest BCUT2D eigenvalue weighted by molar-refractivity contribution is 5.97. The minimum Gasteiger partial charge on any atom is -0.394 e. The van der Waals surface area contributed by atoms with Crippen molar-refractivity contribution in [3.05, 3.63) is 0 Å². The van der Waals surface area contributed by atoms with E-state index in [1.54, 1.807) is 20.8 Å². The molecule has 1 aliphatic heterocycles. The van der Waals surface area contributed by atoms with Crippen LogP contribution in [0.15, 0.2) is 0 Å². The van der Waals surface area contributed by atoms with E-state index in [2.05, 4.69) is 37.2 Å². The van der Waals surface area contributed by atoms with Crippen LogP contribution in [-0.4, -0.2) is 148 Å². The van der Waals surface area contributed by atoms with E-state index in [1.165, 1.54) is 18.7 Å². The van der Waals surface area contributed by atoms with E-state index in [1.807, 2.05) is 20.8 Å². The lowest BCUT2D eigenvalue weighted by Gasteiger charge is -2.27. The van der Waals surface area contributed by atoms with Gasteiger partial charge in [-0.25, -0.2) is 0 Å². The van der Waals surface area contributed by atoms with E-state index in [0.29, 0.717) is 32.1 Å². The Hall–Kier alpha value is -4.89. The largest absolute Gasteiger partial charge is 0.394 e. The molecular weight excluding hydrogens is 786 g/mol. The maximum Gasteiger partial charge on any atom is 0.245 e. The smallest absolute Gasteiger partial charge is 0.245 e. The third-order valence-corrected chi connectivity index (χ3v) is 9.79. The van der Waals surface area contributed by atoms with Crippen molar-refractivity contribution in [2.75, 3.05) is 26.2 Å². The first-order valence-corrected chi connectivity index (χ1v) is 20.7. The van der Waals surface area contributed by atoms with Crippen molar-refractivity contribution >= 4 is 53.2 Å². The number of amides is 9. The summed E-state index contributed by atoms with van der Waals surface area (Å²) in [5.74, 6) is -7.33. The van der Waals surface area contributed by atoms with Gasteiger partial charge in [0.2, 0.25) is 53.2 Å². The molecule has 0 bridgehead atoms. The Labute approximate surface area is 351 Å². The Kier molecular flexibility index (Phi) is 23.3. The van der Waals surface area contributed by atoms with E-state index in [0.717, 1.165) is 0 Å². The van der Waals surface area contributed by atoms with Gasteiger partial charge in [0.25, 0.3) is 0 Å². The Morgan fingerprint density at radius 3 is 1.72 bits per heavy atom. The van der Waals surface area contributed by atoms with Gasteiger partial charge in [-0.05, 0) is 57.8 Å². The maximum absolute atomic E-state index is 13.6. The topological polar surface area (TPSA) is 328 Å². The summed E-state index contributed by atoms with van der Waals surface area (Å²) in [5, 5.41) is 47.4. The molecule has 60 heavy (non-hydrogen) atoms. The average molecular weight is 856 g/mol. The van der Waals surface area contributed by atoms with Gasteiger partial charge < -0.3 is 63.2 Å². The van der Waals surface area contributed by atoms with Gasteiger partial charge in [-0.3, -0.25) is 43.2 Å². The number of unbranched alkanes of at least 4 members (excludes halogenated alkanes) is 1. The van der Waals surface area contributed by atoms with Gasteiger partial charge in [0.15, 0.2) is 0 Å². The first-order chi connectivity index (χ1) is 28.0. The summed E-state index contributed by atoms with van der Waals surface area (Å²) in [7, 11) is 0. The van der Waals surface area contributed by atoms with Crippen LogP contribution in [-0.2, 0) is 43.2 Å². The van der Waals surface area contributed by atoms with Gasteiger partial charge in [-0.2, -0.15) is 0 Å². The number of hydrogen-bond donors (Lipinski definition) is 11. The van der Waals surface area contributed by atoms with Crippen LogP contribution in [0.5, 0.6) is 0 Å². The molecule has 0 unspecified atom stereocenters. The molecule has 1 aliphatic rings. The molecule has 21 nitrogen and oxygen atoms in total. The van der Waals surface area contributed by atoms with Crippen LogP contribution in [0.3, 0.4) is 0 Å². The number of hydrogen-bond acceptors (Lipinski definition) is 12. The van der Waals surface area contributed by atoms with Crippen molar-refractivity contribution < 1.29 is 58.5 Å². The van der Waals surface area contributed by atoms with Crippen LogP contribution in [0.1, 0.15) is 100 Å². The molecule has 0 radical (unpaired) electrons. The van der Waals surface area contributed by atoms with Gasteiger partial charge in [-0.15, -0.1) is 0 Å². The zero-order valence-corrected chi connectivity index (χ0v) is 36.2.